The molecule has 110 valence electrons. The van der Waals surface area contributed by atoms with Crippen LogP contribution in [-0.2, 0) is 0 Å². The molecule has 2 fully saturated rings. The zero-order valence-corrected chi connectivity index (χ0v) is 12.3. The molecule has 0 amide bonds. The summed E-state index contributed by atoms with van der Waals surface area (Å²) >= 11 is 0. The molecule has 2 aliphatic heterocycles. The number of nitrogens with zero attached hydrogens (tertiary/aromatic N) is 2. The molecule has 1 unspecified atom stereocenters. The van der Waals surface area contributed by atoms with E-state index in [9.17, 15) is 0 Å². The minimum absolute atomic E-state index is 0.860. The summed E-state index contributed by atoms with van der Waals surface area (Å²) < 4.78 is 5.31. The van der Waals surface area contributed by atoms with E-state index >= 15 is 0 Å². The van der Waals surface area contributed by atoms with Crippen LogP contribution < -0.4 is 15.0 Å². The molecule has 0 radical (unpaired) electrons. The fourth-order valence-corrected chi connectivity index (χ4v) is 3.23. The zero-order valence-electron chi connectivity index (χ0n) is 12.3. The summed E-state index contributed by atoms with van der Waals surface area (Å²) in [6.45, 7) is 8.26. The quantitative estimate of drug-likeness (QED) is 0.899. The molecular formula is C16H25N3O. The highest BCUT2D eigenvalue weighted by molar-refractivity contribution is 5.51. The second kappa shape index (κ2) is 6.46. The molecular weight excluding hydrogens is 250 g/mol. The normalized spacial score (nSPS) is 24.1. The maximum atomic E-state index is 5.31. The lowest BCUT2D eigenvalue weighted by Gasteiger charge is -2.37. The summed E-state index contributed by atoms with van der Waals surface area (Å²) in [7, 11) is 1.73. The van der Waals surface area contributed by atoms with Crippen LogP contribution in [0.5, 0.6) is 5.75 Å². The first-order chi connectivity index (χ1) is 9.85. The van der Waals surface area contributed by atoms with Crippen molar-refractivity contribution in [2.75, 3.05) is 57.8 Å². The van der Waals surface area contributed by atoms with Gasteiger partial charge in [0.2, 0.25) is 0 Å². The second-order valence-electron chi connectivity index (χ2n) is 5.85. The highest BCUT2D eigenvalue weighted by Gasteiger charge is 2.22. The van der Waals surface area contributed by atoms with E-state index in [0.717, 1.165) is 24.8 Å². The average molecular weight is 275 g/mol. The molecule has 1 atom stereocenters. The smallest absolute Gasteiger partial charge is 0.120 e. The van der Waals surface area contributed by atoms with Gasteiger partial charge < -0.3 is 15.0 Å². The van der Waals surface area contributed by atoms with Crippen LogP contribution in [0.2, 0.25) is 0 Å². The third-order valence-corrected chi connectivity index (χ3v) is 4.47. The van der Waals surface area contributed by atoms with E-state index in [1.165, 1.54) is 44.8 Å². The van der Waals surface area contributed by atoms with Crippen LogP contribution in [0.4, 0.5) is 5.69 Å². The van der Waals surface area contributed by atoms with E-state index in [1.807, 2.05) is 6.07 Å². The van der Waals surface area contributed by atoms with Crippen molar-refractivity contribution >= 4 is 5.69 Å². The summed E-state index contributed by atoms with van der Waals surface area (Å²) in [5.41, 5.74) is 1.28. The van der Waals surface area contributed by atoms with Crippen LogP contribution in [-0.4, -0.2) is 57.8 Å². The highest BCUT2D eigenvalue weighted by Crippen LogP contribution is 2.22. The van der Waals surface area contributed by atoms with E-state index in [4.69, 9.17) is 4.74 Å². The molecule has 4 heteroatoms. The molecule has 1 aromatic rings. The molecule has 2 saturated heterocycles. The van der Waals surface area contributed by atoms with Gasteiger partial charge in [0.1, 0.15) is 5.75 Å². The van der Waals surface area contributed by atoms with Gasteiger partial charge in [0.05, 0.1) is 7.11 Å². The van der Waals surface area contributed by atoms with Crippen molar-refractivity contribution < 1.29 is 4.74 Å². The molecule has 0 saturated carbocycles. The van der Waals surface area contributed by atoms with E-state index in [1.54, 1.807) is 7.11 Å². The molecule has 2 aliphatic rings. The van der Waals surface area contributed by atoms with Gasteiger partial charge in [-0.1, -0.05) is 6.07 Å². The topological polar surface area (TPSA) is 27.7 Å². The van der Waals surface area contributed by atoms with Gasteiger partial charge >= 0.3 is 0 Å². The number of piperazine rings is 1. The fourth-order valence-electron chi connectivity index (χ4n) is 3.23. The van der Waals surface area contributed by atoms with Gasteiger partial charge in [-0.15, -0.1) is 0 Å². The SMILES string of the molecule is COc1cccc(N2CCN(CC3CCNC3)CC2)c1. The number of rotatable bonds is 4. The summed E-state index contributed by atoms with van der Waals surface area (Å²) in [5, 5.41) is 3.46. The minimum Gasteiger partial charge on any atom is -0.497 e. The molecule has 20 heavy (non-hydrogen) atoms. The molecule has 0 aromatic heterocycles. The Labute approximate surface area is 121 Å². The van der Waals surface area contributed by atoms with Crippen LogP contribution in [0, 0.1) is 5.92 Å². The van der Waals surface area contributed by atoms with Crippen molar-refractivity contribution in [1.29, 1.82) is 0 Å². The average Bonchev–Trinajstić information content (AvgIpc) is 3.01. The third-order valence-electron chi connectivity index (χ3n) is 4.47. The Balaban J connectivity index is 1.52. The van der Waals surface area contributed by atoms with Crippen molar-refractivity contribution in [3.63, 3.8) is 0 Å². The van der Waals surface area contributed by atoms with E-state index in [0.29, 0.717) is 0 Å². The standard InChI is InChI=1S/C16H25N3O/c1-20-16-4-2-3-15(11-16)19-9-7-18(8-10-19)13-14-5-6-17-12-14/h2-4,11,14,17H,5-10,12-13H2,1H3. The van der Waals surface area contributed by atoms with Crippen molar-refractivity contribution in [1.82, 2.24) is 10.2 Å². The number of methoxy groups -OCH3 is 1. The first-order valence-electron chi connectivity index (χ1n) is 7.67. The minimum atomic E-state index is 0.860. The molecule has 1 aromatic carbocycles. The summed E-state index contributed by atoms with van der Waals surface area (Å²) in [6, 6.07) is 8.40. The molecule has 0 bridgehead atoms. The van der Waals surface area contributed by atoms with Crippen molar-refractivity contribution in [3.8, 4) is 5.75 Å². The van der Waals surface area contributed by atoms with Crippen molar-refractivity contribution in [2.24, 2.45) is 5.92 Å². The number of hydrogen-bond donors (Lipinski definition) is 1. The lowest BCUT2D eigenvalue weighted by Crippen LogP contribution is -2.48. The number of nitrogens with one attached hydrogen (secondary N) is 1. The summed E-state index contributed by atoms with van der Waals surface area (Å²) in [5.74, 6) is 1.81. The first-order valence-corrected chi connectivity index (χ1v) is 7.67. The second-order valence-corrected chi connectivity index (χ2v) is 5.85. The molecule has 0 aliphatic carbocycles. The number of benzene rings is 1. The number of hydrogen-bond acceptors (Lipinski definition) is 4. The maximum absolute atomic E-state index is 5.31. The van der Waals surface area contributed by atoms with E-state index in [-0.39, 0.29) is 0 Å². The lowest BCUT2D eigenvalue weighted by atomic mass is 10.1. The lowest BCUT2D eigenvalue weighted by molar-refractivity contribution is 0.224. The van der Waals surface area contributed by atoms with Gasteiger partial charge in [-0.05, 0) is 37.6 Å². The van der Waals surface area contributed by atoms with Gasteiger partial charge in [-0.2, -0.15) is 0 Å². The fraction of sp³-hybridized carbons (Fsp3) is 0.625. The highest BCUT2D eigenvalue weighted by atomic mass is 16.5. The van der Waals surface area contributed by atoms with Crippen molar-refractivity contribution in [2.45, 2.75) is 6.42 Å². The van der Waals surface area contributed by atoms with Gasteiger partial charge in [0.15, 0.2) is 0 Å². The van der Waals surface area contributed by atoms with Crippen LogP contribution in [0.1, 0.15) is 6.42 Å². The van der Waals surface area contributed by atoms with Crippen LogP contribution in [0.15, 0.2) is 24.3 Å². The van der Waals surface area contributed by atoms with Crippen LogP contribution in [0.25, 0.3) is 0 Å². The van der Waals surface area contributed by atoms with E-state index in [2.05, 4.69) is 33.3 Å². The third kappa shape index (κ3) is 3.25. The Hall–Kier alpha value is -1.26. The van der Waals surface area contributed by atoms with Gasteiger partial charge in [0, 0.05) is 44.5 Å². The molecule has 4 nitrogen and oxygen atoms in total. The predicted octanol–water partition coefficient (Wildman–Crippen LogP) is 1.43. The Morgan fingerprint density at radius 1 is 1.25 bits per heavy atom. The summed E-state index contributed by atoms with van der Waals surface area (Å²) in [6.07, 6.45) is 1.34. The van der Waals surface area contributed by atoms with Crippen LogP contribution in [0.3, 0.4) is 0 Å². The number of ether oxygens (including phenoxy) is 1. The molecule has 2 heterocycles. The number of anilines is 1. The van der Waals surface area contributed by atoms with Crippen LogP contribution >= 0.6 is 0 Å². The molecule has 0 spiro atoms. The molecule has 3 rings (SSSR count). The van der Waals surface area contributed by atoms with E-state index < -0.39 is 0 Å². The Morgan fingerprint density at radius 2 is 2.10 bits per heavy atom. The first kappa shape index (κ1) is 13.7. The monoisotopic (exact) mass is 275 g/mol. The summed E-state index contributed by atoms with van der Waals surface area (Å²) in [4.78, 5) is 5.08. The Morgan fingerprint density at radius 3 is 2.80 bits per heavy atom. The van der Waals surface area contributed by atoms with Gasteiger partial charge in [-0.3, -0.25) is 4.90 Å². The Kier molecular flexibility index (Phi) is 4.43. The van der Waals surface area contributed by atoms with Gasteiger partial charge in [-0.25, -0.2) is 0 Å². The molecule has 1 N–H and O–H groups in total. The largest absolute Gasteiger partial charge is 0.497 e. The zero-order chi connectivity index (χ0) is 13.8. The van der Waals surface area contributed by atoms with Gasteiger partial charge in [0.25, 0.3) is 0 Å². The Bertz CT molecular complexity index is 423. The predicted molar refractivity (Wildman–Crippen MR) is 82.6 cm³/mol. The maximum Gasteiger partial charge on any atom is 0.120 e. The van der Waals surface area contributed by atoms with Crippen molar-refractivity contribution in [3.05, 3.63) is 24.3 Å².